The summed E-state index contributed by atoms with van der Waals surface area (Å²) < 4.78 is 21.2. The molecule has 0 amide bonds. The molecule has 0 aliphatic heterocycles. The van der Waals surface area contributed by atoms with Crippen LogP contribution in [-0.4, -0.2) is 45.1 Å². The molecule has 0 radical (unpaired) electrons. The van der Waals surface area contributed by atoms with Gasteiger partial charge < -0.3 is 18.9 Å². The minimum Gasteiger partial charge on any atom is -0.493 e. The molecule has 2 rings (SSSR count). The number of nitrogens with zero attached hydrogens (tertiary/aromatic N) is 2. The van der Waals surface area contributed by atoms with Crippen molar-refractivity contribution in [1.29, 1.82) is 0 Å². The average molecular weight is 393 g/mol. The van der Waals surface area contributed by atoms with Crippen molar-refractivity contribution >= 4 is 28.7 Å². The summed E-state index contributed by atoms with van der Waals surface area (Å²) in [4.78, 5) is 16.3. The largest absolute Gasteiger partial charge is 0.493 e. The number of nitrogens with one attached hydrogen (secondary N) is 1. The van der Waals surface area contributed by atoms with Gasteiger partial charge in [0.15, 0.2) is 11.5 Å². The highest BCUT2D eigenvalue weighted by atomic mass is 32.1. The van der Waals surface area contributed by atoms with Crippen LogP contribution in [-0.2, 0) is 4.74 Å². The van der Waals surface area contributed by atoms with Crippen LogP contribution in [0.1, 0.15) is 34.3 Å². The summed E-state index contributed by atoms with van der Waals surface area (Å²) in [6.45, 7) is 4.33. The van der Waals surface area contributed by atoms with Crippen LogP contribution < -0.4 is 19.6 Å². The second-order valence-corrected chi connectivity index (χ2v) is 6.40. The van der Waals surface area contributed by atoms with Crippen molar-refractivity contribution in [3.8, 4) is 17.2 Å². The Morgan fingerprint density at radius 2 is 1.93 bits per heavy atom. The molecule has 0 atom stereocenters. The molecule has 0 fully saturated rings. The Labute approximate surface area is 162 Å². The highest BCUT2D eigenvalue weighted by molar-refractivity contribution is 7.17. The van der Waals surface area contributed by atoms with Gasteiger partial charge in [-0.3, -0.25) is 5.43 Å². The SMILES string of the molecule is CCCOc1c(OC)cc(/C=N\Nc2nc(C)c(C(=O)OC)s2)cc1OC. The van der Waals surface area contributed by atoms with Crippen LogP contribution in [0.25, 0.3) is 0 Å². The molecule has 1 aromatic heterocycles. The molecule has 0 unspecified atom stereocenters. The number of hydrogen-bond donors (Lipinski definition) is 1. The Balaban J connectivity index is 2.18. The number of anilines is 1. The van der Waals surface area contributed by atoms with Crippen molar-refractivity contribution in [2.45, 2.75) is 20.3 Å². The van der Waals surface area contributed by atoms with Crippen LogP contribution in [0, 0.1) is 6.92 Å². The first-order chi connectivity index (χ1) is 13.0. The van der Waals surface area contributed by atoms with E-state index in [1.54, 1.807) is 39.5 Å². The number of benzene rings is 1. The molecule has 1 N–H and O–H groups in total. The fourth-order valence-electron chi connectivity index (χ4n) is 2.21. The molecule has 0 aliphatic carbocycles. The molecular weight excluding hydrogens is 370 g/mol. The molecule has 9 heteroatoms. The second-order valence-electron chi connectivity index (χ2n) is 5.40. The minimum absolute atomic E-state index is 0.417. The van der Waals surface area contributed by atoms with E-state index in [0.29, 0.717) is 39.6 Å². The summed E-state index contributed by atoms with van der Waals surface area (Å²) in [7, 11) is 4.47. The monoisotopic (exact) mass is 393 g/mol. The smallest absolute Gasteiger partial charge is 0.350 e. The number of carbonyl (C=O) groups excluding carboxylic acids is 1. The maximum absolute atomic E-state index is 11.6. The first-order valence-electron chi connectivity index (χ1n) is 8.27. The number of aryl methyl sites for hydroxylation is 1. The Morgan fingerprint density at radius 1 is 1.26 bits per heavy atom. The van der Waals surface area contributed by atoms with Crippen LogP contribution in [0.3, 0.4) is 0 Å². The summed E-state index contributed by atoms with van der Waals surface area (Å²) in [5.74, 6) is 1.26. The van der Waals surface area contributed by atoms with Gasteiger partial charge in [-0.2, -0.15) is 5.10 Å². The number of ether oxygens (including phenoxy) is 4. The molecule has 1 aromatic carbocycles. The molecule has 8 nitrogen and oxygen atoms in total. The number of methoxy groups -OCH3 is 3. The van der Waals surface area contributed by atoms with Gasteiger partial charge in [0.05, 0.1) is 39.8 Å². The molecular formula is C18H23N3O5S. The fourth-order valence-corrected chi connectivity index (χ4v) is 3.04. The van der Waals surface area contributed by atoms with E-state index in [2.05, 4.69) is 15.5 Å². The van der Waals surface area contributed by atoms with Crippen LogP contribution in [0.2, 0.25) is 0 Å². The average Bonchev–Trinajstić information content (AvgIpc) is 3.05. The maximum atomic E-state index is 11.6. The topological polar surface area (TPSA) is 91.3 Å². The van der Waals surface area contributed by atoms with Crippen LogP contribution in [0.15, 0.2) is 17.2 Å². The van der Waals surface area contributed by atoms with E-state index in [1.165, 1.54) is 18.4 Å². The third kappa shape index (κ3) is 5.10. The predicted molar refractivity (Wildman–Crippen MR) is 105 cm³/mol. The zero-order chi connectivity index (χ0) is 19.8. The molecule has 27 heavy (non-hydrogen) atoms. The zero-order valence-electron chi connectivity index (χ0n) is 16.0. The lowest BCUT2D eigenvalue weighted by Crippen LogP contribution is -2.01. The van der Waals surface area contributed by atoms with Crippen molar-refractivity contribution in [1.82, 2.24) is 4.98 Å². The van der Waals surface area contributed by atoms with Gasteiger partial charge in [-0.25, -0.2) is 9.78 Å². The number of hydrogen-bond acceptors (Lipinski definition) is 9. The normalized spacial score (nSPS) is 10.7. The summed E-state index contributed by atoms with van der Waals surface area (Å²) >= 11 is 1.17. The highest BCUT2D eigenvalue weighted by Crippen LogP contribution is 2.38. The summed E-state index contributed by atoms with van der Waals surface area (Å²) in [5.41, 5.74) is 4.15. The third-order valence-corrected chi connectivity index (χ3v) is 4.52. The van der Waals surface area contributed by atoms with E-state index in [0.717, 1.165) is 12.0 Å². The molecule has 0 saturated heterocycles. The molecule has 0 bridgehead atoms. The van der Waals surface area contributed by atoms with E-state index < -0.39 is 5.97 Å². The van der Waals surface area contributed by atoms with Crippen LogP contribution in [0.4, 0.5) is 5.13 Å². The third-order valence-electron chi connectivity index (χ3n) is 3.47. The number of rotatable bonds is 9. The zero-order valence-corrected chi connectivity index (χ0v) is 16.8. The van der Waals surface area contributed by atoms with Crippen LogP contribution in [0.5, 0.6) is 17.2 Å². The van der Waals surface area contributed by atoms with Gasteiger partial charge in [-0.05, 0) is 25.5 Å². The summed E-state index contributed by atoms with van der Waals surface area (Å²) in [5, 5.41) is 4.65. The van der Waals surface area contributed by atoms with E-state index in [9.17, 15) is 4.79 Å². The van der Waals surface area contributed by atoms with Crippen molar-refractivity contribution < 1.29 is 23.7 Å². The summed E-state index contributed by atoms with van der Waals surface area (Å²) in [6, 6.07) is 3.59. The quantitative estimate of drug-likeness (QED) is 0.396. The van der Waals surface area contributed by atoms with E-state index in [1.807, 2.05) is 6.92 Å². The molecule has 0 saturated carbocycles. The van der Waals surface area contributed by atoms with E-state index in [-0.39, 0.29) is 0 Å². The van der Waals surface area contributed by atoms with Gasteiger partial charge >= 0.3 is 5.97 Å². The predicted octanol–water partition coefficient (Wildman–Crippen LogP) is 3.49. The lowest BCUT2D eigenvalue weighted by Gasteiger charge is -2.14. The maximum Gasteiger partial charge on any atom is 0.350 e. The van der Waals surface area contributed by atoms with E-state index in [4.69, 9.17) is 18.9 Å². The molecule has 146 valence electrons. The van der Waals surface area contributed by atoms with Gasteiger partial charge in [0.1, 0.15) is 4.88 Å². The first kappa shape index (κ1) is 20.5. The van der Waals surface area contributed by atoms with Crippen molar-refractivity contribution in [3.05, 3.63) is 28.3 Å². The van der Waals surface area contributed by atoms with Crippen LogP contribution >= 0.6 is 11.3 Å². The van der Waals surface area contributed by atoms with Gasteiger partial charge in [0.2, 0.25) is 10.9 Å². The molecule has 0 aliphatic rings. The Bertz CT molecular complexity index is 794. The fraction of sp³-hybridized carbons (Fsp3) is 0.389. The van der Waals surface area contributed by atoms with Gasteiger partial charge in [0.25, 0.3) is 0 Å². The lowest BCUT2D eigenvalue weighted by atomic mass is 10.2. The van der Waals surface area contributed by atoms with Gasteiger partial charge in [0, 0.05) is 5.56 Å². The van der Waals surface area contributed by atoms with E-state index >= 15 is 0 Å². The Hall–Kier alpha value is -2.81. The number of hydrazone groups is 1. The van der Waals surface area contributed by atoms with Crippen molar-refractivity contribution in [3.63, 3.8) is 0 Å². The van der Waals surface area contributed by atoms with Crippen molar-refractivity contribution in [2.75, 3.05) is 33.4 Å². The standard InChI is InChI=1S/C18H23N3O5S/c1-6-7-26-15-13(23-3)8-12(9-14(15)24-4)10-19-21-18-20-11(2)16(27-18)17(22)25-5/h8-10H,6-7H2,1-5H3,(H,20,21)/b19-10-. The first-order valence-corrected chi connectivity index (χ1v) is 9.09. The Morgan fingerprint density at radius 3 is 2.48 bits per heavy atom. The number of aromatic nitrogens is 1. The number of esters is 1. The number of thiazole rings is 1. The van der Waals surface area contributed by atoms with Gasteiger partial charge in [-0.15, -0.1) is 0 Å². The summed E-state index contributed by atoms with van der Waals surface area (Å²) in [6.07, 6.45) is 2.48. The molecule has 1 heterocycles. The molecule has 0 spiro atoms. The van der Waals surface area contributed by atoms with Crippen molar-refractivity contribution in [2.24, 2.45) is 5.10 Å². The highest BCUT2D eigenvalue weighted by Gasteiger charge is 2.16. The van der Waals surface area contributed by atoms with Gasteiger partial charge in [-0.1, -0.05) is 18.3 Å². The second kappa shape index (κ2) is 9.77. The number of carbonyl (C=O) groups is 1. The minimum atomic E-state index is -0.417. The molecule has 2 aromatic rings. The Kier molecular flexibility index (Phi) is 7.42. The lowest BCUT2D eigenvalue weighted by molar-refractivity contribution is 0.0605.